The lowest BCUT2D eigenvalue weighted by molar-refractivity contribution is 0.259. The van der Waals surface area contributed by atoms with Gasteiger partial charge in [-0.25, -0.2) is 19.2 Å². The lowest BCUT2D eigenvalue weighted by Crippen LogP contribution is -2.47. The molecular weight excluding hydrogens is 322 g/mol. The van der Waals surface area contributed by atoms with Gasteiger partial charge in [-0.15, -0.1) is 0 Å². The van der Waals surface area contributed by atoms with Gasteiger partial charge in [-0.2, -0.15) is 0 Å². The SMILES string of the molecule is O=S1C=Nc2ccc(CCN3CCN(c4ncccn4)CC3)cc21. The van der Waals surface area contributed by atoms with E-state index in [1.54, 1.807) is 12.4 Å². The van der Waals surface area contributed by atoms with E-state index in [-0.39, 0.29) is 0 Å². The van der Waals surface area contributed by atoms with Crippen LogP contribution in [0.2, 0.25) is 0 Å². The molecule has 6 nitrogen and oxygen atoms in total. The third kappa shape index (κ3) is 3.22. The Morgan fingerprint density at radius 2 is 1.88 bits per heavy atom. The number of benzene rings is 1. The van der Waals surface area contributed by atoms with E-state index >= 15 is 0 Å². The smallest absolute Gasteiger partial charge is 0.225 e. The fraction of sp³-hybridized carbons (Fsp3) is 0.353. The summed E-state index contributed by atoms with van der Waals surface area (Å²) in [7, 11) is -1.07. The fourth-order valence-electron chi connectivity index (χ4n) is 3.06. The molecule has 1 fully saturated rings. The van der Waals surface area contributed by atoms with Gasteiger partial charge >= 0.3 is 0 Å². The number of hydrogen-bond acceptors (Lipinski definition) is 6. The number of hydrogen-bond donors (Lipinski definition) is 0. The molecule has 2 aliphatic rings. The van der Waals surface area contributed by atoms with Crippen molar-refractivity contribution in [2.24, 2.45) is 4.99 Å². The van der Waals surface area contributed by atoms with Crippen molar-refractivity contribution in [3.8, 4) is 0 Å². The topological polar surface area (TPSA) is 61.7 Å². The van der Waals surface area contributed by atoms with Crippen molar-refractivity contribution in [3.05, 3.63) is 42.2 Å². The minimum atomic E-state index is -1.07. The summed E-state index contributed by atoms with van der Waals surface area (Å²) < 4.78 is 11.8. The molecular formula is C17H19N5OS. The van der Waals surface area contributed by atoms with E-state index < -0.39 is 10.8 Å². The number of anilines is 1. The van der Waals surface area contributed by atoms with Gasteiger partial charge in [0.25, 0.3) is 0 Å². The van der Waals surface area contributed by atoms with Crippen LogP contribution in [0, 0.1) is 0 Å². The summed E-state index contributed by atoms with van der Waals surface area (Å²) in [4.78, 5) is 18.3. The van der Waals surface area contributed by atoms with Crippen molar-refractivity contribution in [2.75, 3.05) is 37.6 Å². The van der Waals surface area contributed by atoms with Crippen LogP contribution in [-0.4, -0.2) is 57.3 Å². The molecule has 3 heterocycles. The molecule has 1 unspecified atom stereocenters. The molecule has 1 atom stereocenters. The molecule has 2 aromatic rings. The Morgan fingerprint density at radius 1 is 1.08 bits per heavy atom. The first-order chi connectivity index (χ1) is 11.8. The summed E-state index contributed by atoms with van der Waals surface area (Å²) in [5.41, 5.74) is 3.58. The third-order valence-corrected chi connectivity index (χ3v) is 5.51. The normalized spacial score (nSPS) is 20.3. The van der Waals surface area contributed by atoms with Crippen LogP contribution in [0.5, 0.6) is 0 Å². The van der Waals surface area contributed by atoms with Crippen molar-refractivity contribution in [1.82, 2.24) is 14.9 Å². The first-order valence-electron chi connectivity index (χ1n) is 8.11. The van der Waals surface area contributed by atoms with Crippen LogP contribution in [0.25, 0.3) is 0 Å². The number of aliphatic imine (C=N–C) groups is 1. The van der Waals surface area contributed by atoms with Crippen LogP contribution in [0.3, 0.4) is 0 Å². The monoisotopic (exact) mass is 341 g/mol. The highest BCUT2D eigenvalue weighted by atomic mass is 32.2. The first-order valence-corrected chi connectivity index (χ1v) is 9.33. The Labute approximate surface area is 143 Å². The van der Waals surface area contributed by atoms with Crippen LogP contribution >= 0.6 is 0 Å². The summed E-state index contributed by atoms with van der Waals surface area (Å²) in [6, 6.07) is 7.93. The molecule has 0 spiro atoms. The minimum absolute atomic E-state index is 0.818. The highest BCUT2D eigenvalue weighted by molar-refractivity contribution is 7.99. The molecule has 24 heavy (non-hydrogen) atoms. The van der Waals surface area contributed by atoms with Crippen molar-refractivity contribution in [2.45, 2.75) is 11.3 Å². The zero-order chi connectivity index (χ0) is 16.4. The second-order valence-corrected chi connectivity index (χ2v) is 7.21. The van der Waals surface area contributed by atoms with Gasteiger partial charge in [0.1, 0.15) is 0 Å². The first kappa shape index (κ1) is 15.4. The van der Waals surface area contributed by atoms with Crippen molar-refractivity contribution in [3.63, 3.8) is 0 Å². The summed E-state index contributed by atoms with van der Waals surface area (Å²) in [5, 5.41) is 0. The Morgan fingerprint density at radius 3 is 2.67 bits per heavy atom. The summed E-state index contributed by atoms with van der Waals surface area (Å²) in [5.74, 6) is 0.818. The highest BCUT2D eigenvalue weighted by Gasteiger charge is 2.19. The van der Waals surface area contributed by atoms with Gasteiger partial charge in [-0.3, -0.25) is 4.90 Å². The maximum atomic E-state index is 11.8. The summed E-state index contributed by atoms with van der Waals surface area (Å²) in [6.07, 6.45) is 4.54. The second-order valence-electron chi connectivity index (χ2n) is 5.96. The van der Waals surface area contributed by atoms with Crippen molar-refractivity contribution < 1.29 is 4.21 Å². The predicted molar refractivity (Wildman–Crippen MR) is 95.4 cm³/mol. The van der Waals surface area contributed by atoms with Gasteiger partial charge in [0.05, 0.1) is 26.9 Å². The predicted octanol–water partition coefficient (Wildman–Crippen LogP) is 1.62. The van der Waals surface area contributed by atoms with Gasteiger partial charge in [0.2, 0.25) is 5.95 Å². The Hall–Kier alpha value is -2.12. The molecule has 0 bridgehead atoms. The van der Waals surface area contributed by atoms with Crippen LogP contribution < -0.4 is 4.90 Å². The number of fused-ring (bicyclic) bond motifs is 1. The number of rotatable bonds is 4. The molecule has 0 radical (unpaired) electrons. The maximum absolute atomic E-state index is 11.8. The van der Waals surface area contributed by atoms with E-state index in [4.69, 9.17) is 0 Å². The van der Waals surface area contributed by atoms with E-state index in [0.717, 1.165) is 55.7 Å². The van der Waals surface area contributed by atoms with E-state index in [1.807, 2.05) is 18.2 Å². The zero-order valence-corrected chi connectivity index (χ0v) is 14.2. The number of nitrogens with zero attached hydrogens (tertiary/aromatic N) is 5. The van der Waals surface area contributed by atoms with Gasteiger partial charge in [-0.1, -0.05) is 6.07 Å². The van der Waals surface area contributed by atoms with Gasteiger partial charge in [0, 0.05) is 45.1 Å². The van der Waals surface area contributed by atoms with Gasteiger partial charge in [-0.05, 0) is 30.2 Å². The molecule has 1 aromatic heterocycles. The van der Waals surface area contributed by atoms with E-state index in [0.29, 0.717) is 0 Å². The number of piperazine rings is 1. The zero-order valence-electron chi connectivity index (χ0n) is 13.3. The molecule has 0 N–H and O–H groups in total. The van der Waals surface area contributed by atoms with E-state index in [9.17, 15) is 4.21 Å². The average Bonchev–Trinajstić information content (AvgIpc) is 3.02. The Kier molecular flexibility index (Phi) is 4.36. The van der Waals surface area contributed by atoms with Crippen LogP contribution in [-0.2, 0) is 17.2 Å². The average molecular weight is 341 g/mol. The molecule has 4 rings (SSSR count). The Balaban J connectivity index is 1.31. The molecule has 124 valence electrons. The lowest BCUT2D eigenvalue weighted by atomic mass is 10.1. The minimum Gasteiger partial charge on any atom is -0.338 e. The molecule has 0 aliphatic carbocycles. The molecule has 0 saturated carbocycles. The lowest BCUT2D eigenvalue weighted by Gasteiger charge is -2.34. The molecule has 1 aromatic carbocycles. The molecule has 2 aliphatic heterocycles. The number of aromatic nitrogens is 2. The van der Waals surface area contributed by atoms with Gasteiger partial charge < -0.3 is 4.90 Å². The van der Waals surface area contributed by atoms with Crippen LogP contribution in [0.1, 0.15) is 5.56 Å². The van der Waals surface area contributed by atoms with E-state index in [1.165, 1.54) is 11.1 Å². The maximum Gasteiger partial charge on any atom is 0.225 e. The van der Waals surface area contributed by atoms with Crippen LogP contribution in [0.15, 0.2) is 46.5 Å². The molecule has 7 heteroatoms. The quantitative estimate of drug-likeness (QED) is 0.846. The molecule has 1 saturated heterocycles. The van der Waals surface area contributed by atoms with Crippen LogP contribution in [0.4, 0.5) is 11.6 Å². The van der Waals surface area contributed by atoms with Crippen molar-refractivity contribution in [1.29, 1.82) is 0 Å². The van der Waals surface area contributed by atoms with E-state index in [2.05, 4.69) is 30.8 Å². The highest BCUT2D eigenvalue weighted by Crippen LogP contribution is 2.28. The standard InChI is InChI=1S/C17H19N5OS/c23-24-13-20-15-3-2-14(12-16(15)24)4-7-21-8-10-22(11-9-21)17-18-5-1-6-19-17/h1-3,5-6,12-13H,4,7-11H2. The Bertz CT molecular complexity index is 772. The van der Waals surface area contributed by atoms with Crippen molar-refractivity contribution >= 4 is 28.0 Å². The largest absolute Gasteiger partial charge is 0.338 e. The second kappa shape index (κ2) is 6.78. The molecule has 0 amide bonds. The van der Waals surface area contributed by atoms with Gasteiger partial charge in [0.15, 0.2) is 0 Å². The fourth-order valence-corrected chi connectivity index (χ4v) is 3.97. The summed E-state index contributed by atoms with van der Waals surface area (Å²) in [6.45, 7) is 4.93. The summed E-state index contributed by atoms with van der Waals surface area (Å²) >= 11 is 0. The third-order valence-electron chi connectivity index (χ3n) is 4.45.